The third kappa shape index (κ3) is 6.22. The Morgan fingerprint density at radius 1 is 1.12 bits per heavy atom. The van der Waals surface area contributed by atoms with Crippen molar-refractivity contribution in [2.24, 2.45) is 5.92 Å². The molecule has 1 saturated carbocycles. The van der Waals surface area contributed by atoms with Crippen molar-refractivity contribution in [2.75, 3.05) is 25.5 Å². The highest BCUT2D eigenvalue weighted by molar-refractivity contribution is 7.89. The van der Waals surface area contributed by atoms with Gasteiger partial charge in [-0.25, -0.2) is 13.2 Å². The fourth-order valence-corrected chi connectivity index (χ4v) is 7.33. The Hall–Kier alpha value is -3.65. The van der Waals surface area contributed by atoms with Crippen molar-refractivity contribution in [2.45, 2.75) is 69.5 Å². The van der Waals surface area contributed by atoms with Crippen LogP contribution in [0.15, 0.2) is 33.7 Å². The van der Waals surface area contributed by atoms with Crippen LogP contribution in [0.1, 0.15) is 50.0 Å². The molecular formula is C26H35N5O8S. The van der Waals surface area contributed by atoms with Gasteiger partial charge in [-0.2, -0.15) is 4.31 Å². The van der Waals surface area contributed by atoms with E-state index in [0.717, 1.165) is 41.3 Å². The zero-order valence-corrected chi connectivity index (χ0v) is 23.6. The maximum absolute atomic E-state index is 13.8. The number of urea groups is 1. The Bertz CT molecular complexity index is 1320. The number of methoxy groups -OCH3 is 1. The van der Waals surface area contributed by atoms with Crippen LogP contribution in [0.3, 0.4) is 0 Å². The van der Waals surface area contributed by atoms with E-state index >= 15 is 0 Å². The number of ether oxygens (including phenoxy) is 1. The zero-order chi connectivity index (χ0) is 29.0. The molecule has 0 radical (unpaired) electrons. The standard InChI is InChI=1S/C26H35N5O8S/c1-16-23(17(2)39-29-16)40(36,37)31-14-13-30(26(35)27-19-9-11-20(38-3)12-10-19)25(31)24(34)28-21(15-22(32)33)18-7-5-4-6-8-18/h9-12,18,21,25H,4-8,13-15H2,1-3H3,(H,27,35)(H,28,34)(H,32,33). The van der Waals surface area contributed by atoms with Gasteiger partial charge in [-0.05, 0) is 56.9 Å². The van der Waals surface area contributed by atoms with Crippen LogP contribution >= 0.6 is 0 Å². The number of rotatable bonds is 9. The molecule has 0 spiro atoms. The first-order chi connectivity index (χ1) is 19.0. The van der Waals surface area contributed by atoms with Gasteiger partial charge in [-0.15, -0.1) is 0 Å². The van der Waals surface area contributed by atoms with Crippen molar-refractivity contribution in [3.8, 4) is 5.75 Å². The SMILES string of the molecule is COc1ccc(NC(=O)N2CCN(S(=O)(=O)c3c(C)noc3C)C2C(=O)NC(CC(=O)O)C2CCCCC2)cc1. The Morgan fingerprint density at radius 3 is 2.38 bits per heavy atom. The van der Waals surface area contributed by atoms with E-state index in [4.69, 9.17) is 9.26 Å². The van der Waals surface area contributed by atoms with E-state index in [1.807, 2.05) is 0 Å². The second-order valence-electron chi connectivity index (χ2n) is 10.1. The second-order valence-corrected chi connectivity index (χ2v) is 11.9. The maximum Gasteiger partial charge on any atom is 0.323 e. The summed E-state index contributed by atoms with van der Waals surface area (Å²) < 4.78 is 38.7. The summed E-state index contributed by atoms with van der Waals surface area (Å²) in [6.45, 7) is 2.70. The van der Waals surface area contributed by atoms with Crippen LogP contribution in [-0.4, -0.2) is 78.2 Å². The average Bonchev–Trinajstić information content (AvgIpc) is 3.53. The van der Waals surface area contributed by atoms with Gasteiger partial charge in [0, 0.05) is 24.8 Å². The van der Waals surface area contributed by atoms with Crippen LogP contribution < -0.4 is 15.4 Å². The molecule has 40 heavy (non-hydrogen) atoms. The summed E-state index contributed by atoms with van der Waals surface area (Å²) >= 11 is 0. The zero-order valence-electron chi connectivity index (χ0n) is 22.8. The van der Waals surface area contributed by atoms with Crippen LogP contribution in [0.5, 0.6) is 5.75 Å². The highest BCUT2D eigenvalue weighted by Gasteiger charge is 2.48. The summed E-state index contributed by atoms with van der Waals surface area (Å²) in [6, 6.07) is 5.14. The molecule has 1 aliphatic heterocycles. The number of sulfonamides is 1. The molecule has 2 unspecified atom stereocenters. The van der Waals surface area contributed by atoms with Crippen molar-refractivity contribution < 1.29 is 37.2 Å². The molecule has 2 fully saturated rings. The number of aromatic nitrogens is 1. The lowest BCUT2D eigenvalue weighted by atomic mass is 9.82. The van der Waals surface area contributed by atoms with Crippen LogP contribution in [-0.2, 0) is 19.6 Å². The van der Waals surface area contributed by atoms with Crippen molar-refractivity contribution in [3.63, 3.8) is 0 Å². The number of carboxylic acids is 1. The minimum Gasteiger partial charge on any atom is -0.497 e. The number of anilines is 1. The number of aryl methyl sites for hydroxylation is 2. The van der Waals surface area contributed by atoms with Gasteiger partial charge in [-0.1, -0.05) is 24.4 Å². The molecule has 218 valence electrons. The third-order valence-corrected chi connectivity index (χ3v) is 9.54. The topological polar surface area (TPSA) is 171 Å². The lowest BCUT2D eigenvalue weighted by molar-refractivity contribution is -0.138. The highest BCUT2D eigenvalue weighted by atomic mass is 32.2. The number of carbonyl (C=O) groups is 3. The van der Waals surface area contributed by atoms with Crippen molar-refractivity contribution in [1.82, 2.24) is 19.7 Å². The Balaban J connectivity index is 1.65. The Kier molecular flexibility index (Phi) is 8.98. The van der Waals surface area contributed by atoms with E-state index in [9.17, 15) is 27.9 Å². The van der Waals surface area contributed by atoms with E-state index in [-0.39, 0.29) is 41.8 Å². The number of carbonyl (C=O) groups excluding carboxylic acids is 2. The number of benzene rings is 1. The summed E-state index contributed by atoms with van der Waals surface area (Å²) in [5.41, 5.74) is 0.548. The number of aliphatic carboxylic acids is 1. The largest absolute Gasteiger partial charge is 0.497 e. The van der Waals surface area contributed by atoms with Gasteiger partial charge in [0.2, 0.25) is 0 Å². The first kappa shape index (κ1) is 29.3. The molecule has 4 rings (SSSR count). The number of hydrogen-bond acceptors (Lipinski definition) is 8. The smallest absolute Gasteiger partial charge is 0.323 e. The van der Waals surface area contributed by atoms with Crippen molar-refractivity contribution >= 4 is 33.6 Å². The summed E-state index contributed by atoms with van der Waals surface area (Å²) in [6.07, 6.45) is 2.52. The van der Waals surface area contributed by atoms with Crippen LogP contribution in [0.4, 0.5) is 10.5 Å². The predicted octanol–water partition coefficient (Wildman–Crippen LogP) is 2.70. The van der Waals surface area contributed by atoms with Gasteiger partial charge in [0.05, 0.1) is 13.5 Å². The first-order valence-corrected chi connectivity index (χ1v) is 14.7. The molecule has 1 aromatic heterocycles. The minimum absolute atomic E-state index is 0.0590. The van der Waals surface area contributed by atoms with Crippen LogP contribution in [0.2, 0.25) is 0 Å². The van der Waals surface area contributed by atoms with Crippen LogP contribution in [0.25, 0.3) is 0 Å². The Labute approximate surface area is 232 Å². The maximum atomic E-state index is 13.8. The van der Waals surface area contributed by atoms with Gasteiger partial charge >= 0.3 is 12.0 Å². The van der Waals surface area contributed by atoms with E-state index in [2.05, 4.69) is 15.8 Å². The molecule has 13 nitrogen and oxygen atoms in total. The summed E-state index contributed by atoms with van der Waals surface area (Å²) in [5.74, 6) is -1.26. The molecule has 1 aliphatic carbocycles. The highest BCUT2D eigenvalue weighted by Crippen LogP contribution is 2.31. The first-order valence-electron chi connectivity index (χ1n) is 13.2. The number of hydrogen-bond donors (Lipinski definition) is 3. The van der Waals surface area contributed by atoms with Gasteiger partial charge in [0.15, 0.2) is 11.9 Å². The fraction of sp³-hybridized carbons (Fsp3) is 0.538. The number of nitrogens with zero attached hydrogens (tertiary/aromatic N) is 3. The third-order valence-electron chi connectivity index (χ3n) is 7.44. The quantitative estimate of drug-likeness (QED) is 0.405. The summed E-state index contributed by atoms with van der Waals surface area (Å²) in [4.78, 5) is 39.9. The summed E-state index contributed by atoms with van der Waals surface area (Å²) in [5, 5.41) is 18.8. The second kappa shape index (κ2) is 12.3. The molecule has 3 amide bonds. The normalized spacial score (nSPS) is 19.3. The van der Waals surface area contributed by atoms with Gasteiger partial charge in [0.25, 0.3) is 15.9 Å². The molecule has 1 aromatic carbocycles. The van der Waals surface area contributed by atoms with Gasteiger partial charge in [-0.3, -0.25) is 14.5 Å². The molecule has 2 atom stereocenters. The molecule has 2 heterocycles. The molecule has 3 N–H and O–H groups in total. The molecule has 14 heteroatoms. The minimum atomic E-state index is -4.32. The molecule has 1 saturated heterocycles. The molecular weight excluding hydrogens is 542 g/mol. The van der Waals surface area contributed by atoms with E-state index in [1.165, 1.54) is 21.0 Å². The monoisotopic (exact) mass is 577 g/mol. The lowest BCUT2D eigenvalue weighted by Gasteiger charge is -2.33. The van der Waals surface area contributed by atoms with Gasteiger partial charge in [0.1, 0.15) is 16.3 Å². The fourth-order valence-electron chi connectivity index (χ4n) is 5.49. The number of nitrogens with one attached hydrogen (secondary N) is 2. The van der Waals surface area contributed by atoms with Crippen molar-refractivity contribution in [3.05, 3.63) is 35.7 Å². The average molecular weight is 578 g/mol. The number of carboxylic acid groups (broad SMARTS) is 1. The van der Waals surface area contributed by atoms with Crippen molar-refractivity contribution in [1.29, 1.82) is 0 Å². The van der Waals surface area contributed by atoms with E-state index in [0.29, 0.717) is 11.4 Å². The number of amides is 3. The summed E-state index contributed by atoms with van der Waals surface area (Å²) in [7, 11) is -2.81. The van der Waals surface area contributed by atoms with Crippen LogP contribution in [0, 0.1) is 19.8 Å². The predicted molar refractivity (Wildman–Crippen MR) is 143 cm³/mol. The molecule has 2 aliphatic rings. The molecule has 2 aromatic rings. The molecule has 0 bridgehead atoms. The lowest BCUT2D eigenvalue weighted by Crippen LogP contribution is -2.57. The Morgan fingerprint density at radius 2 is 1.80 bits per heavy atom. The van der Waals surface area contributed by atoms with E-state index in [1.54, 1.807) is 24.3 Å². The van der Waals surface area contributed by atoms with E-state index < -0.39 is 40.1 Å². The van der Waals surface area contributed by atoms with Gasteiger partial charge < -0.3 is 25.0 Å².